The Morgan fingerprint density at radius 1 is 1.07 bits per heavy atom. The summed E-state index contributed by atoms with van der Waals surface area (Å²) in [6, 6.07) is 15.9. The van der Waals surface area contributed by atoms with Crippen LogP contribution in [0.15, 0.2) is 48.7 Å². The molecule has 15 heavy (non-hydrogen) atoms. The van der Waals surface area contributed by atoms with E-state index in [0.29, 0.717) is 6.42 Å². The Labute approximate surface area is 88.8 Å². The lowest BCUT2D eigenvalue weighted by Gasteiger charge is -2.00. The predicted octanol–water partition coefficient (Wildman–Crippen LogP) is 2.81. The third-order valence-corrected chi connectivity index (χ3v) is 2.20. The highest BCUT2D eigenvalue weighted by Gasteiger charge is 1.97. The average molecular weight is 194 g/mol. The molecular formula is C13H10N2. The topological polar surface area (TPSA) is 36.7 Å². The van der Waals surface area contributed by atoms with Crippen molar-refractivity contribution in [2.75, 3.05) is 0 Å². The SMILES string of the molecule is N#CCc1ccc(-c2ccccn2)cc1. The molecule has 0 radical (unpaired) electrons. The van der Waals surface area contributed by atoms with E-state index < -0.39 is 0 Å². The molecule has 0 saturated carbocycles. The molecule has 0 atom stereocenters. The molecule has 0 bridgehead atoms. The van der Waals surface area contributed by atoms with Gasteiger partial charge in [0.05, 0.1) is 18.2 Å². The minimum Gasteiger partial charge on any atom is -0.256 e. The lowest BCUT2D eigenvalue weighted by molar-refractivity contribution is 1.26. The first-order valence-corrected chi connectivity index (χ1v) is 4.77. The number of hydrogen-bond donors (Lipinski definition) is 0. The molecule has 1 heterocycles. The summed E-state index contributed by atoms with van der Waals surface area (Å²) < 4.78 is 0. The Hall–Kier alpha value is -2.14. The molecule has 0 amide bonds. The van der Waals surface area contributed by atoms with Crippen LogP contribution in [0.3, 0.4) is 0 Å². The minimum atomic E-state index is 0.461. The maximum Gasteiger partial charge on any atom is 0.0701 e. The monoisotopic (exact) mass is 194 g/mol. The van der Waals surface area contributed by atoms with Crippen molar-refractivity contribution in [1.82, 2.24) is 4.98 Å². The van der Waals surface area contributed by atoms with Gasteiger partial charge in [-0.05, 0) is 17.7 Å². The smallest absolute Gasteiger partial charge is 0.0701 e. The molecule has 0 aliphatic rings. The van der Waals surface area contributed by atoms with Crippen molar-refractivity contribution < 1.29 is 0 Å². The summed E-state index contributed by atoms with van der Waals surface area (Å²) in [4.78, 5) is 4.26. The molecule has 1 aromatic carbocycles. The normalized spacial score (nSPS) is 9.53. The van der Waals surface area contributed by atoms with Crippen LogP contribution in [0.2, 0.25) is 0 Å². The molecule has 1 aromatic heterocycles. The van der Waals surface area contributed by atoms with Crippen LogP contribution in [-0.2, 0) is 6.42 Å². The van der Waals surface area contributed by atoms with Crippen molar-refractivity contribution in [3.63, 3.8) is 0 Å². The summed E-state index contributed by atoms with van der Waals surface area (Å²) in [7, 11) is 0. The highest BCUT2D eigenvalue weighted by atomic mass is 14.7. The largest absolute Gasteiger partial charge is 0.256 e. The van der Waals surface area contributed by atoms with Crippen LogP contribution in [0, 0.1) is 11.3 Å². The van der Waals surface area contributed by atoms with Crippen molar-refractivity contribution in [2.24, 2.45) is 0 Å². The molecule has 0 aliphatic carbocycles. The highest BCUT2D eigenvalue weighted by molar-refractivity contribution is 5.59. The summed E-state index contributed by atoms with van der Waals surface area (Å²) in [5, 5.41) is 8.54. The van der Waals surface area contributed by atoms with Crippen LogP contribution in [-0.4, -0.2) is 4.98 Å². The highest BCUT2D eigenvalue weighted by Crippen LogP contribution is 2.16. The second kappa shape index (κ2) is 4.39. The number of aromatic nitrogens is 1. The van der Waals surface area contributed by atoms with Gasteiger partial charge < -0.3 is 0 Å². The molecule has 0 unspecified atom stereocenters. The van der Waals surface area contributed by atoms with Crippen LogP contribution in [0.1, 0.15) is 5.56 Å². The Kier molecular flexibility index (Phi) is 2.75. The summed E-state index contributed by atoms with van der Waals surface area (Å²) in [6.07, 6.45) is 2.24. The standard InChI is InChI=1S/C13H10N2/c14-9-8-11-4-6-12(7-5-11)13-3-1-2-10-15-13/h1-7,10H,8H2. The molecule has 2 nitrogen and oxygen atoms in total. The zero-order chi connectivity index (χ0) is 10.5. The van der Waals surface area contributed by atoms with E-state index >= 15 is 0 Å². The summed E-state index contributed by atoms with van der Waals surface area (Å²) in [5.74, 6) is 0. The van der Waals surface area contributed by atoms with Crippen molar-refractivity contribution in [3.8, 4) is 17.3 Å². The fourth-order valence-electron chi connectivity index (χ4n) is 1.42. The minimum absolute atomic E-state index is 0.461. The zero-order valence-electron chi connectivity index (χ0n) is 8.22. The van der Waals surface area contributed by atoms with Gasteiger partial charge in [0.25, 0.3) is 0 Å². The van der Waals surface area contributed by atoms with E-state index in [1.807, 2.05) is 42.5 Å². The third kappa shape index (κ3) is 2.21. The van der Waals surface area contributed by atoms with E-state index in [1.54, 1.807) is 6.20 Å². The van der Waals surface area contributed by atoms with Gasteiger partial charge in [-0.25, -0.2) is 0 Å². The van der Waals surface area contributed by atoms with Gasteiger partial charge in [0.15, 0.2) is 0 Å². The van der Waals surface area contributed by atoms with E-state index in [-0.39, 0.29) is 0 Å². The molecule has 2 heteroatoms. The van der Waals surface area contributed by atoms with Gasteiger partial charge in [0.1, 0.15) is 0 Å². The van der Waals surface area contributed by atoms with Gasteiger partial charge in [0, 0.05) is 11.8 Å². The number of benzene rings is 1. The van der Waals surface area contributed by atoms with Crippen LogP contribution < -0.4 is 0 Å². The Balaban J connectivity index is 2.29. The van der Waals surface area contributed by atoms with Crippen molar-refractivity contribution in [3.05, 3.63) is 54.2 Å². The van der Waals surface area contributed by atoms with E-state index in [9.17, 15) is 0 Å². The van der Waals surface area contributed by atoms with Crippen molar-refractivity contribution in [1.29, 1.82) is 5.26 Å². The number of hydrogen-bond acceptors (Lipinski definition) is 2. The van der Waals surface area contributed by atoms with E-state index in [4.69, 9.17) is 5.26 Å². The maximum atomic E-state index is 8.54. The van der Waals surface area contributed by atoms with E-state index in [1.165, 1.54) is 0 Å². The molecule has 0 N–H and O–H groups in total. The average Bonchev–Trinajstić information content (AvgIpc) is 2.32. The molecule has 0 fully saturated rings. The molecule has 0 saturated heterocycles. The zero-order valence-corrected chi connectivity index (χ0v) is 8.22. The molecule has 2 rings (SSSR count). The van der Waals surface area contributed by atoms with E-state index in [2.05, 4.69) is 11.1 Å². The van der Waals surface area contributed by atoms with Crippen LogP contribution in [0.4, 0.5) is 0 Å². The Bertz CT molecular complexity index is 466. The molecule has 72 valence electrons. The molecule has 0 spiro atoms. The predicted molar refractivity (Wildman–Crippen MR) is 59.0 cm³/mol. The number of rotatable bonds is 2. The quantitative estimate of drug-likeness (QED) is 0.737. The lowest BCUT2D eigenvalue weighted by atomic mass is 10.1. The first-order valence-electron chi connectivity index (χ1n) is 4.77. The first kappa shape index (κ1) is 9.42. The first-order chi connectivity index (χ1) is 7.40. The fraction of sp³-hybridized carbons (Fsp3) is 0.0769. The van der Waals surface area contributed by atoms with Crippen LogP contribution in [0.5, 0.6) is 0 Å². The molecular weight excluding hydrogens is 184 g/mol. The maximum absolute atomic E-state index is 8.54. The van der Waals surface area contributed by atoms with Crippen molar-refractivity contribution in [2.45, 2.75) is 6.42 Å². The molecule has 2 aromatic rings. The van der Waals surface area contributed by atoms with Crippen molar-refractivity contribution >= 4 is 0 Å². The Morgan fingerprint density at radius 2 is 1.87 bits per heavy atom. The second-order valence-electron chi connectivity index (χ2n) is 3.25. The number of pyridine rings is 1. The Morgan fingerprint density at radius 3 is 2.47 bits per heavy atom. The van der Waals surface area contributed by atoms with E-state index in [0.717, 1.165) is 16.8 Å². The number of nitriles is 1. The third-order valence-electron chi connectivity index (χ3n) is 2.20. The second-order valence-corrected chi connectivity index (χ2v) is 3.25. The van der Waals surface area contributed by atoms with Gasteiger partial charge in [-0.1, -0.05) is 30.3 Å². The summed E-state index contributed by atoms with van der Waals surface area (Å²) >= 11 is 0. The lowest BCUT2D eigenvalue weighted by Crippen LogP contribution is -1.84. The van der Waals surface area contributed by atoms with Gasteiger partial charge in [-0.2, -0.15) is 5.26 Å². The fourth-order valence-corrected chi connectivity index (χ4v) is 1.42. The summed E-state index contributed by atoms with van der Waals surface area (Å²) in [6.45, 7) is 0. The molecule has 0 aliphatic heterocycles. The van der Waals surface area contributed by atoms with Crippen LogP contribution in [0.25, 0.3) is 11.3 Å². The van der Waals surface area contributed by atoms with Gasteiger partial charge >= 0.3 is 0 Å². The van der Waals surface area contributed by atoms with Gasteiger partial charge in [-0.15, -0.1) is 0 Å². The van der Waals surface area contributed by atoms with Gasteiger partial charge in [0.2, 0.25) is 0 Å². The number of nitrogens with zero attached hydrogens (tertiary/aromatic N) is 2. The summed E-state index contributed by atoms with van der Waals surface area (Å²) in [5.41, 5.74) is 3.08. The van der Waals surface area contributed by atoms with Gasteiger partial charge in [-0.3, -0.25) is 4.98 Å². The van der Waals surface area contributed by atoms with Crippen LogP contribution >= 0.6 is 0 Å².